The lowest BCUT2D eigenvalue weighted by Gasteiger charge is -2.09. The van der Waals surface area contributed by atoms with E-state index in [9.17, 15) is 20.0 Å². The topological polar surface area (TPSA) is 92.5 Å². The van der Waals surface area contributed by atoms with Crippen LogP contribution in [0.4, 0.5) is 11.4 Å². The third-order valence-corrected chi connectivity index (χ3v) is 3.39. The van der Waals surface area contributed by atoms with Gasteiger partial charge in [0.25, 0.3) is 11.6 Å². The van der Waals surface area contributed by atoms with Crippen LogP contribution < -0.4 is 5.32 Å². The van der Waals surface area contributed by atoms with Gasteiger partial charge in [-0.3, -0.25) is 14.9 Å². The summed E-state index contributed by atoms with van der Waals surface area (Å²) in [6.07, 6.45) is -0.601. The Morgan fingerprint density at radius 1 is 1.27 bits per heavy atom. The number of non-ortho nitro benzene ring substituents is 1. The zero-order chi connectivity index (χ0) is 16.3. The number of aliphatic hydroxyl groups excluding tert-OH is 1. The second kappa shape index (κ2) is 6.55. The number of hydrogen-bond acceptors (Lipinski definition) is 4. The van der Waals surface area contributed by atoms with Crippen LogP contribution in [0.25, 0.3) is 0 Å². The molecule has 0 aliphatic carbocycles. The van der Waals surface area contributed by atoms with Crippen molar-refractivity contribution in [3.63, 3.8) is 0 Å². The number of nitrogens with one attached hydrogen (secondary N) is 1. The van der Waals surface area contributed by atoms with Crippen molar-refractivity contribution in [2.75, 3.05) is 5.32 Å². The molecule has 0 aliphatic rings. The van der Waals surface area contributed by atoms with E-state index in [4.69, 9.17) is 11.6 Å². The van der Waals surface area contributed by atoms with Gasteiger partial charge in [0.05, 0.1) is 21.6 Å². The number of benzene rings is 2. The summed E-state index contributed by atoms with van der Waals surface area (Å²) >= 11 is 5.91. The van der Waals surface area contributed by atoms with Crippen molar-refractivity contribution in [2.45, 2.75) is 13.0 Å². The number of anilines is 1. The van der Waals surface area contributed by atoms with Crippen LogP contribution in [0.1, 0.15) is 28.9 Å². The summed E-state index contributed by atoms with van der Waals surface area (Å²) in [7, 11) is 0. The Hall–Kier alpha value is -2.44. The number of nitrogens with zero attached hydrogens (tertiary/aromatic N) is 1. The van der Waals surface area contributed by atoms with Crippen molar-refractivity contribution in [2.24, 2.45) is 0 Å². The average Bonchev–Trinajstić information content (AvgIpc) is 2.47. The molecule has 2 aromatic carbocycles. The Kier molecular flexibility index (Phi) is 4.75. The summed E-state index contributed by atoms with van der Waals surface area (Å²) in [5.74, 6) is -0.543. The summed E-state index contributed by atoms with van der Waals surface area (Å²) in [6.45, 7) is 1.64. The van der Waals surface area contributed by atoms with Crippen LogP contribution in [-0.2, 0) is 0 Å². The molecule has 0 heterocycles. The molecule has 0 unspecified atom stereocenters. The Balaban J connectivity index is 2.21. The molecular formula is C15H13ClN2O4. The van der Waals surface area contributed by atoms with Gasteiger partial charge < -0.3 is 10.4 Å². The first-order valence-corrected chi connectivity index (χ1v) is 6.79. The summed E-state index contributed by atoms with van der Waals surface area (Å²) < 4.78 is 0. The highest BCUT2D eigenvalue weighted by Crippen LogP contribution is 2.23. The molecule has 0 aliphatic heterocycles. The Morgan fingerprint density at radius 3 is 2.45 bits per heavy atom. The van der Waals surface area contributed by atoms with Crippen LogP contribution in [0.5, 0.6) is 0 Å². The van der Waals surface area contributed by atoms with Crippen LogP contribution >= 0.6 is 11.6 Å². The summed E-state index contributed by atoms with van der Waals surface area (Å²) in [6, 6.07) is 10.3. The maximum Gasteiger partial charge on any atom is 0.270 e. The van der Waals surface area contributed by atoms with Crippen LogP contribution in [0.2, 0.25) is 5.02 Å². The molecule has 1 amide bonds. The van der Waals surface area contributed by atoms with Crippen molar-refractivity contribution in [3.05, 3.63) is 68.7 Å². The molecule has 1 atom stereocenters. The maximum absolute atomic E-state index is 12.2. The van der Waals surface area contributed by atoms with Gasteiger partial charge in [-0.2, -0.15) is 0 Å². The first-order valence-electron chi connectivity index (χ1n) is 6.42. The van der Waals surface area contributed by atoms with Crippen molar-refractivity contribution < 1.29 is 14.8 Å². The van der Waals surface area contributed by atoms with E-state index in [-0.39, 0.29) is 16.3 Å². The predicted molar refractivity (Wildman–Crippen MR) is 83.1 cm³/mol. The summed E-state index contributed by atoms with van der Waals surface area (Å²) in [5.41, 5.74) is 1.03. The van der Waals surface area contributed by atoms with Crippen LogP contribution in [-0.4, -0.2) is 15.9 Å². The molecule has 114 valence electrons. The van der Waals surface area contributed by atoms with E-state index in [1.165, 1.54) is 12.1 Å². The largest absolute Gasteiger partial charge is 0.389 e. The van der Waals surface area contributed by atoms with Crippen molar-refractivity contribution >= 4 is 28.9 Å². The van der Waals surface area contributed by atoms with E-state index >= 15 is 0 Å². The minimum Gasteiger partial charge on any atom is -0.389 e. The fraction of sp³-hybridized carbons (Fsp3) is 0.133. The molecule has 0 radical (unpaired) electrons. The molecule has 2 N–H and O–H groups in total. The lowest BCUT2D eigenvalue weighted by atomic mass is 10.1. The smallest absolute Gasteiger partial charge is 0.270 e. The predicted octanol–water partition coefficient (Wildman–Crippen LogP) is 3.55. The molecule has 2 aromatic rings. The second-order valence-electron chi connectivity index (χ2n) is 4.67. The van der Waals surface area contributed by atoms with Crippen molar-refractivity contribution in [1.29, 1.82) is 0 Å². The molecule has 0 saturated heterocycles. The van der Waals surface area contributed by atoms with E-state index in [1.807, 2.05) is 0 Å². The SMILES string of the molecule is C[C@H](O)c1ccc(NC(=O)c2cc([N+](=O)[O-])ccc2Cl)cc1. The molecule has 6 nitrogen and oxygen atoms in total. The Morgan fingerprint density at radius 2 is 1.91 bits per heavy atom. The third kappa shape index (κ3) is 3.60. The lowest BCUT2D eigenvalue weighted by molar-refractivity contribution is -0.384. The van der Waals surface area contributed by atoms with Crippen LogP contribution in [0, 0.1) is 10.1 Å². The van der Waals surface area contributed by atoms with E-state index in [2.05, 4.69) is 5.32 Å². The van der Waals surface area contributed by atoms with E-state index in [1.54, 1.807) is 31.2 Å². The fourth-order valence-electron chi connectivity index (χ4n) is 1.84. The van der Waals surface area contributed by atoms with Crippen LogP contribution in [0.3, 0.4) is 0 Å². The number of carbonyl (C=O) groups is 1. The number of halogens is 1. The van der Waals surface area contributed by atoms with Gasteiger partial charge >= 0.3 is 0 Å². The van der Waals surface area contributed by atoms with Crippen LogP contribution in [0.15, 0.2) is 42.5 Å². The number of nitro groups is 1. The molecular weight excluding hydrogens is 308 g/mol. The van der Waals surface area contributed by atoms with Gasteiger partial charge in [0.15, 0.2) is 0 Å². The van der Waals surface area contributed by atoms with E-state index in [0.29, 0.717) is 11.3 Å². The summed E-state index contributed by atoms with van der Waals surface area (Å²) in [5, 5.41) is 22.9. The number of amides is 1. The van der Waals surface area contributed by atoms with E-state index in [0.717, 1.165) is 6.07 Å². The number of aliphatic hydroxyl groups is 1. The molecule has 0 saturated carbocycles. The van der Waals surface area contributed by atoms with Gasteiger partial charge in [-0.25, -0.2) is 0 Å². The van der Waals surface area contributed by atoms with Gasteiger partial charge in [-0.05, 0) is 30.7 Å². The van der Waals surface area contributed by atoms with Crippen molar-refractivity contribution in [1.82, 2.24) is 0 Å². The zero-order valence-electron chi connectivity index (χ0n) is 11.6. The van der Waals surface area contributed by atoms with Gasteiger partial charge in [-0.1, -0.05) is 23.7 Å². The highest BCUT2D eigenvalue weighted by atomic mass is 35.5. The highest BCUT2D eigenvalue weighted by molar-refractivity contribution is 6.34. The third-order valence-electron chi connectivity index (χ3n) is 3.06. The van der Waals surface area contributed by atoms with Crippen molar-refractivity contribution in [3.8, 4) is 0 Å². The number of carbonyl (C=O) groups excluding carboxylic acids is 1. The summed E-state index contributed by atoms with van der Waals surface area (Å²) in [4.78, 5) is 22.3. The molecule has 0 bridgehead atoms. The lowest BCUT2D eigenvalue weighted by Crippen LogP contribution is -2.13. The number of rotatable bonds is 4. The van der Waals surface area contributed by atoms with Gasteiger partial charge in [0.2, 0.25) is 0 Å². The molecule has 0 aromatic heterocycles. The Labute approximate surface area is 131 Å². The zero-order valence-corrected chi connectivity index (χ0v) is 12.4. The molecule has 0 spiro atoms. The minimum atomic E-state index is -0.601. The molecule has 7 heteroatoms. The second-order valence-corrected chi connectivity index (χ2v) is 5.08. The molecule has 0 fully saturated rings. The van der Waals surface area contributed by atoms with E-state index < -0.39 is 16.9 Å². The maximum atomic E-state index is 12.2. The first-order chi connectivity index (χ1) is 10.4. The average molecular weight is 321 g/mol. The first kappa shape index (κ1) is 15.9. The molecule has 2 rings (SSSR count). The fourth-order valence-corrected chi connectivity index (χ4v) is 2.05. The normalized spacial score (nSPS) is 11.8. The quantitative estimate of drug-likeness (QED) is 0.665. The van der Waals surface area contributed by atoms with Gasteiger partial charge in [-0.15, -0.1) is 0 Å². The number of hydrogen-bond donors (Lipinski definition) is 2. The van der Waals surface area contributed by atoms with Gasteiger partial charge in [0.1, 0.15) is 0 Å². The number of nitro benzene ring substituents is 1. The minimum absolute atomic E-state index is 0.0236. The molecule has 22 heavy (non-hydrogen) atoms. The monoisotopic (exact) mass is 320 g/mol. The van der Waals surface area contributed by atoms with Gasteiger partial charge in [0, 0.05) is 17.8 Å². The Bertz CT molecular complexity index is 714. The highest BCUT2D eigenvalue weighted by Gasteiger charge is 2.16. The standard InChI is InChI=1S/C15H13ClN2O4/c1-9(19)10-2-4-11(5-3-10)17-15(20)13-8-12(18(21)22)6-7-14(13)16/h2-9,19H,1H3,(H,17,20)/t9-/m0/s1.